The fourth-order valence-corrected chi connectivity index (χ4v) is 4.69. The third-order valence-corrected chi connectivity index (χ3v) is 6.45. The summed E-state index contributed by atoms with van der Waals surface area (Å²) in [6.45, 7) is 3.77. The van der Waals surface area contributed by atoms with Gasteiger partial charge in [0.15, 0.2) is 0 Å². The maximum atomic E-state index is 5.61. The summed E-state index contributed by atoms with van der Waals surface area (Å²) < 4.78 is 5.61. The van der Waals surface area contributed by atoms with Crippen molar-refractivity contribution in [1.82, 2.24) is 24.8 Å². The predicted octanol–water partition coefficient (Wildman–Crippen LogP) is 4.33. The van der Waals surface area contributed by atoms with Gasteiger partial charge in [-0.3, -0.25) is 4.90 Å². The van der Waals surface area contributed by atoms with Gasteiger partial charge in [0.2, 0.25) is 0 Å². The first-order valence-corrected chi connectivity index (χ1v) is 11.1. The second-order valence-corrected chi connectivity index (χ2v) is 8.52. The average Bonchev–Trinajstić information content (AvgIpc) is 3.48. The fourth-order valence-electron chi connectivity index (χ4n) is 4.69. The maximum absolute atomic E-state index is 5.61. The summed E-state index contributed by atoms with van der Waals surface area (Å²) in [6, 6.07) is 14.5. The van der Waals surface area contributed by atoms with Crippen molar-refractivity contribution in [2.45, 2.75) is 31.7 Å². The Labute approximate surface area is 181 Å². The summed E-state index contributed by atoms with van der Waals surface area (Å²) in [6.07, 6.45) is 7.08. The lowest BCUT2D eigenvalue weighted by atomic mass is 9.95. The van der Waals surface area contributed by atoms with Gasteiger partial charge in [0.05, 0.1) is 12.1 Å². The van der Waals surface area contributed by atoms with E-state index < -0.39 is 0 Å². The van der Waals surface area contributed by atoms with Gasteiger partial charge in [0, 0.05) is 47.9 Å². The lowest BCUT2D eigenvalue weighted by molar-refractivity contribution is 0.200. The van der Waals surface area contributed by atoms with Crippen molar-refractivity contribution in [2.75, 3.05) is 19.7 Å². The smallest absolute Gasteiger partial charge is 0.137 e. The number of nitrogens with one attached hydrogen (secondary N) is 1. The minimum Gasteiger partial charge on any atom is -0.493 e. The van der Waals surface area contributed by atoms with Crippen LogP contribution in [0.1, 0.15) is 35.8 Å². The molecule has 4 aromatic rings. The molecule has 0 radical (unpaired) electrons. The van der Waals surface area contributed by atoms with Gasteiger partial charge in [-0.2, -0.15) is 0 Å². The van der Waals surface area contributed by atoms with Crippen LogP contribution >= 0.6 is 0 Å². The Bertz CT molecular complexity index is 1230. The minimum atomic E-state index is 0.437. The van der Waals surface area contributed by atoms with E-state index in [-0.39, 0.29) is 0 Å². The molecule has 156 valence electrons. The van der Waals surface area contributed by atoms with Gasteiger partial charge in [-0.1, -0.05) is 18.2 Å². The molecule has 0 atom stereocenters. The van der Waals surface area contributed by atoms with Crippen LogP contribution in [0.3, 0.4) is 0 Å². The molecule has 6 rings (SSSR count). The van der Waals surface area contributed by atoms with Gasteiger partial charge in [0.25, 0.3) is 0 Å². The highest BCUT2D eigenvalue weighted by atomic mass is 16.5. The summed E-state index contributed by atoms with van der Waals surface area (Å²) in [5, 5.41) is 1.11. The average molecular weight is 412 g/mol. The Kier molecular flexibility index (Phi) is 4.65. The molecule has 2 aromatic heterocycles. The minimum absolute atomic E-state index is 0.437. The Balaban J connectivity index is 1.10. The first kappa shape index (κ1) is 18.5. The number of hydrogen-bond acceptors (Lipinski definition) is 5. The number of imidazole rings is 1. The van der Waals surface area contributed by atoms with Crippen molar-refractivity contribution in [1.29, 1.82) is 0 Å². The van der Waals surface area contributed by atoms with Crippen LogP contribution in [0.5, 0.6) is 5.75 Å². The molecule has 2 aromatic carbocycles. The molecule has 2 aliphatic heterocycles. The van der Waals surface area contributed by atoms with Crippen molar-refractivity contribution in [3.8, 4) is 17.1 Å². The molecule has 1 saturated heterocycles. The van der Waals surface area contributed by atoms with Crippen molar-refractivity contribution < 1.29 is 4.74 Å². The molecular formula is C25H25N5O. The number of H-pyrrole nitrogens is 1. The van der Waals surface area contributed by atoms with Crippen LogP contribution < -0.4 is 4.74 Å². The van der Waals surface area contributed by atoms with Gasteiger partial charge in [0.1, 0.15) is 17.4 Å². The molecule has 0 saturated carbocycles. The number of rotatable bonds is 4. The van der Waals surface area contributed by atoms with E-state index in [4.69, 9.17) is 9.72 Å². The van der Waals surface area contributed by atoms with Crippen molar-refractivity contribution in [3.05, 3.63) is 71.9 Å². The lowest BCUT2D eigenvalue weighted by Gasteiger charge is -2.30. The first-order chi connectivity index (χ1) is 15.3. The number of aromatic amines is 1. The Morgan fingerprint density at radius 3 is 2.87 bits per heavy atom. The summed E-state index contributed by atoms with van der Waals surface area (Å²) in [4.78, 5) is 20.1. The second-order valence-electron chi connectivity index (χ2n) is 8.52. The van der Waals surface area contributed by atoms with Crippen LogP contribution in [0.25, 0.3) is 22.3 Å². The molecule has 6 heteroatoms. The molecular weight excluding hydrogens is 386 g/mol. The molecule has 31 heavy (non-hydrogen) atoms. The molecule has 0 unspecified atom stereocenters. The van der Waals surface area contributed by atoms with Gasteiger partial charge in [-0.25, -0.2) is 15.0 Å². The maximum Gasteiger partial charge on any atom is 0.137 e. The van der Waals surface area contributed by atoms with Crippen molar-refractivity contribution >= 4 is 10.9 Å². The zero-order chi connectivity index (χ0) is 20.6. The number of ether oxygens (including phenoxy) is 1. The quantitative estimate of drug-likeness (QED) is 0.541. The van der Waals surface area contributed by atoms with Crippen molar-refractivity contribution in [3.63, 3.8) is 0 Å². The molecule has 1 fully saturated rings. The Morgan fingerprint density at radius 1 is 1.03 bits per heavy atom. The van der Waals surface area contributed by atoms with E-state index in [2.05, 4.69) is 50.2 Å². The third kappa shape index (κ3) is 3.68. The fraction of sp³-hybridized carbons (Fsp3) is 0.320. The number of piperidine rings is 1. The number of aromatic nitrogens is 4. The Hall–Kier alpha value is -3.25. The normalized spacial score (nSPS) is 17.0. The molecule has 0 aliphatic carbocycles. The molecule has 2 aliphatic rings. The van der Waals surface area contributed by atoms with Gasteiger partial charge < -0.3 is 9.72 Å². The number of fused-ring (bicyclic) bond motifs is 2. The van der Waals surface area contributed by atoms with E-state index in [0.29, 0.717) is 5.92 Å². The van der Waals surface area contributed by atoms with E-state index in [1.807, 2.05) is 24.5 Å². The molecule has 0 spiro atoms. The SMILES string of the molecule is c1ccc2nc(C3CCN(Cc4cnc(-c5ccc6c(c5)CCO6)[nH]4)CC3)ncc2c1. The van der Waals surface area contributed by atoms with E-state index in [1.54, 1.807) is 0 Å². The largest absolute Gasteiger partial charge is 0.493 e. The third-order valence-electron chi connectivity index (χ3n) is 6.45. The molecule has 4 heterocycles. The number of benzene rings is 2. The molecule has 1 N–H and O–H groups in total. The number of likely N-dealkylation sites (tertiary alicyclic amines) is 1. The van der Waals surface area contributed by atoms with Gasteiger partial charge in [-0.05, 0) is 55.8 Å². The van der Waals surface area contributed by atoms with Crippen LogP contribution in [0, 0.1) is 0 Å². The highest BCUT2D eigenvalue weighted by Gasteiger charge is 2.23. The summed E-state index contributed by atoms with van der Waals surface area (Å²) in [5.74, 6) is 3.37. The summed E-state index contributed by atoms with van der Waals surface area (Å²) in [5.41, 5.74) is 4.60. The topological polar surface area (TPSA) is 66.9 Å². The van der Waals surface area contributed by atoms with Crippen LogP contribution in [0.4, 0.5) is 0 Å². The zero-order valence-electron chi connectivity index (χ0n) is 17.4. The molecule has 0 amide bonds. The number of hydrogen-bond donors (Lipinski definition) is 1. The highest BCUT2D eigenvalue weighted by Crippen LogP contribution is 2.30. The van der Waals surface area contributed by atoms with Crippen LogP contribution in [-0.2, 0) is 13.0 Å². The molecule has 6 nitrogen and oxygen atoms in total. The lowest BCUT2D eigenvalue weighted by Crippen LogP contribution is -2.33. The summed E-state index contributed by atoms with van der Waals surface area (Å²) >= 11 is 0. The van der Waals surface area contributed by atoms with Gasteiger partial charge in [-0.15, -0.1) is 0 Å². The van der Waals surface area contributed by atoms with Crippen LogP contribution in [-0.4, -0.2) is 44.5 Å². The van der Waals surface area contributed by atoms with E-state index >= 15 is 0 Å². The van der Waals surface area contributed by atoms with Gasteiger partial charge >= 0.3 is 0 Å². The van der Waals surface area contributed by atoms with Crippen LogP contribution in [0.2, 0.25) is 0 Å². The second kappa shape index (κ2) is 7.78. The standard InChI is InChI=1S/C25H25N5O/c1-2-4-22-20(3-1)14-26-24(29-22)17-7-10-30(11-8-17)16-21-15-27-25(28-21)19-5-6-23-18(13-19)9-12-31-23/h1-6,13-15,17H,7-12,16H2,(H,27,28). The predicted molar refractivity (Wildman–Crippen MR) is 120 cm³/mol. The van der Waals surface area contributed by atoms with E-state index in [1.165, 1.54) is 5.56 Å². The van der Waals surface area contributed by atoms with E-state index in [0.717, 1.165) is 85.1 Å². The first-order valence-electron chi connectivity index (χ1n) is 11.1. The van der Waals surface area contributed by atoms with E-state index in [9.17, 15) is 0 Å². The number of nitrogens with zero attached hydrogens (tertiary/aromatic N) is 4. The highest BCUT2D eigenvalue weighted by molar-refractivity contribution is 5.77. The monoisotopic (exact) mass is 411 g/mol. The van der Waals surface area contributed by atoms with Crippen LogP contribution in [0.15, 0.2) is 54.9 Å². The number of para-hydroxylation sites is 1. The Morgan fingerprint density at radius 2 is 1.94 bits per heavy atom. The summed E-state index contributed by atoms with van der Waals surface area (Å²) in [7, 11) is 0. The zero-order valence-corrected chi connectivity index (χ0v) is 17.4. The molecule has 0 bridgehead atoms. The van der Waals surface area contributed by atoms with Crippen molar-refractivity contribution in [2.24, 2.45) is 0 Å².